The SMILES string of the molecule is CCC(C)C1CCN(CC(=O)O)CC1. The monoisotopic (exact) mass is 199 g/mol. The molecular formula is C11H21NO2. The Labute approximate surface area is 86.1 Å². The molecule has 1 fully saturated rings. The minimum atomic E-state index is -0.702. The van der Waals surface area contributed by atoms with E-state index < -0.39 is 5.97 Å². The van der Waals surface area contributed by atoms with E-state index in [1.807, 2.05) is 4.90 Å². The summed E-state index contributed by atoms with van der Waals surface area (Å²) < 4.78 is 0. The van der Waals surface area contributed by atoms with E-state index in [0.717, 1.165) is 24.9 Å². The Morgan fingerprint density at radius 3 is 2.50 bits per heavy atom. The molecule has 0 bridgehead atoms. The lowest BCUT2D eigenvalue weighted by Crippen LogP contribution is -2.38. The van der Waals surface area contributed by atoms with Crippen molar-refractivity contribution in [3.8, 4) is 0 Å². The van der Waals surface area contributed by atoms with Gasteiger partial charge in [0, 0.05) is 0 Å². The molecule has 1 aliphatic heterocycles. The van der Waals surface area contributed by atoms with Crippen molar-refractivity contribution in [1.29, 1.82) is 0 Å². The zero-order valence-corrected chi connectivity index (χ0v) is 9.20. The zero-order valence-electron chi connectivity index (χ0n) is 9.20. The molecule has 1 heterocycles. The van der Waals surface area contributed by atoms with Crippen LogP contribution in [0.15, 0.2) is 0 Å². The lowest BCUT2D eigenvalue weighted by molar-refractivity contribution is -0.138. The molecule has 1 aliphatic rings. The lowest BCUT2D eigenvalue weighted by Gasteiger charge is -2.33. The minimum Gasteiger partial charge on any atom is -0.480 e. The Kier molecular flexibility index (Phi) is 4.39. The molecular weight excluding hydrogens is 178 g/mol. The highest BCUT2D eigenvalue weighted by Gasteiger charge is 2.23. The van der Waals surface area contributed by atoms with E-state index >= 15 is 0 Å². The van der Waals surface area contributed by atoms with Gasteiger partial charge in [-0.05, 0) is 37.8 Å². The third-order valence-corrected chi connectivity index (χ3v) is 3.44. The summed E-state index contributed by atoms with van der Waals surface area (Å²) in [6, 6.07) is 0. The first-order valence-corrected chi connectivity index (χ1v) is 5.57. The Bertz CT molecular complexity index is 186. The molecule has 1 rings (SSSR count). The van der Waals surface area contributed by atoms with Gasteiger partial charge in [0.25, 0.3) is 0 Å². The second kappa shape index (κ2) is 5.35. The number of aliphatic carboxylic acids is 1. The first kappa shape index (κ1) is 11.5. The van der Waals surface area contributed by atoms with Gasteiger partial charge in [-0.25, -0.2) is 0 Å². The molecule has 82 valence electrons. The molecule has 3 heteroatoms. The standard InChI is InChI=1S/C11H21NO2/c1-3-9(2)10-4-6-12(7-5-10)8-11(13)14/h9-10H,3-8H2,1-2H3,(H,13,14). The van der Waals surface area contributed by atoms with E-state index in [0.29, 0.717) is 0 Å². The predicted octanol–water partition coefficient (Wildman–Crippen LogP) is 1.83. The zero-order chi connectivity index (χ0) is 10.6. The summed E-state index contributed by atoms with van der Waals surface area (Å²) in [6.07, 6.45) is 3.58. The number of hydrogen-bond donors (Lipinski definition) is 1. The average molecular weight is 199 g/mol. The highest BCUT2D eigenvalue weighted by molar-refractivity contribution is 5.69. The van der Waals surface area contributed by atoms with Crippen LogP contribution in [0.25, 0.3) is 0 Å². The van der Waals surface area contributed by atoms with Crippen LogP contribution in [0.2, 0.25) is 0 Å². The molecule has 1 unspecified atom stereocenters. The minimum absolute atomic E-state index is 0.216. The van der Waals surface area contributed by atoms with Crippen LogP contribution in [0, 0.1) is 11.8 Å². The number of piperidine rings is 1. The number of rotatable bonds is 4. The first-order valence-electron chi connectivity index (χ1n) is 5.57. The fraction of sp³-hybridized carbons (Fsp3) is 0.909. The molecule has 1 atom stereocenters. The summed E-state index contributed by atoms with van der Waals surface area (Å²) in [5.41, 5.74) is 0. The number of hydrogen-bond acceptors (Lipinski definition) is 2. The van der Waals surface area contributed by atoms with E-state index in [2.05, 4.69) is 13.8 Å². The average Bonchev–Trinajstić information content (AvgIpc) is 2.17. The number of carboxylic acid groups (broad SMARTS) is 1. The first-order chi connectivity index (χ1) is 6.63. The van der Waals surface area contributed by atoms with E-state index in [9.17, 15) is 4.79 Å². The summed E-state index contributed by atoms with van der Waals surface area (Å²) in [5.74, 6) is 0.902. The summed E-state index contributed by atoms with van der Waals surface area (Å²) in [4.78, 5) is 12.5. The van der Waals surface area contributed by atoms with E-state index in [4.69, 9.17) is 5.11 Å². The third-order valence-electron chi connectivity index (χ3n) is 3.44. The van der Waals surface area contributed by atoms with Gasteiger partial charge in [0.2, 0.25) is 0 Å². The highest BCUT2D eigenvalue weighted by Crippen LogP contribution is 2.26. The van der Waals surface area contributed by atoms with Gasteiger partial charge in [0.1, 0.15) is 0 Å². The van der Waals surface area contributed by atoms with Crippen LogP contribution in [0.3, 0.4) is 0 Å². The van der Waals surface area contributed by atoms with Crippen molar-refractivity contribution >= 4 is 5.97 Å². The predicted molar refractivity (Wildman–Crippen MR) is 56.3 cm³/mol. The largest absolute Gasteiger partial charge is 0.480 e. The number of carboxylic acids is 1. The van der Waals surface area contributed by atoms with Crippen molar-refractivity contribution in [1.82, 2.24) is 4.90 Å². The fourth-order valence-electron chi connectivity index (χ4n) is 2.20. The van der Waals surface area contributed by atoms with E-state index in [-0.39, 0.29) is 6.54 Å². The summed E-state index contributed by atoms with van der Waals surface area (Å²) in [5, 5.41) is 8.65. The quantitative estimate of drug-likeness (QED) is 0.751. The number of nitrogens with zero attached hydrogens (tertiary/aromatic N) is 1. The highest BCUT2D eigenvalue weighted by atomic mass is 16.4. The van der Waals surface area contributed by atoms with Crippen molar-refractivity contribution in [3.05, 3.63) is 0 Å². The van der Waals surface area contributed by atoms with Crippen molar-refractivity contribution in [2.24, 2.45) is 11.8 Å². The normalized spacial score (nSPS) is 22.1. The van der Waals surface area contributed by atoms with Crippen LogP contribution in [0.1, 0.15) is 33.1 Å². The summed E-state index contributed by atoms with van der Waals surface area (Å²) in [6.45, 7) is 6.67. The fourth-order valence-corrected chi connectivity index (χ4v) is 2.20. The lowest BCUT2D eigenvalue weighted by atomic mass is 9.84. The van der Waals surface area contributed by atoms with Crippen molar-refractivity contribution in [2.45, 2.75) is 33.1 Å². The third kappa shape index (κ3) is 3.29. The van der Waals surface area contributed by atoms with Crippen molar-refractivity contribution in [2.75, 3.05) is 19.6 Å². The maximum absolute atomic E-state index is 10.5. The Morgan fingerprint density at radius 1 is 1.50 bits per heavy atom. The van der Waals surface area contributed by atoms with Crippen LogP contribution in [-0.4, -0.2) is 35.6 Å². The van der Waals surface area contributed by atoms with Gasteiger partial charge in [-0.2, -0.15) is 0 Å². The van der Waals surface area contributed by atoms with Crippen molar-refractivity contribution in [3.63, 3.8) is 0 Å². The molecule has 1 N–H and O–H groups in total. The van der Waals surface area contributed by atoms with Gasteiger partial charge in [0.05, 0.1) is 6.54 Å². The molecule has 0 spiro atoms. The summed E-state index contributed by atoms with van der Waals surface area (Å²) >= 11 is 0. The van der Waals surface area contributed by atoms with Crippen LogP contribution in [0.4, 0.5) is 0 Å². The Morgan fingerprint density at radius 2 is 2.07 bits per heavy atom. The van der Waals surface area contributed by atoms with E-state index in [1.54, 1.807) is 0 Å². The number of likely N-dealkylation sites (tertiary alicyclic amines) is 1. The molecule has 0 aromatic heterocycles. The second-order valence-corrected chi connectivity index (χ2v) is 4.39. The van der Waals surface area contributed by atoms with Crippen LogP contribution < -0.4 is 0 Å². The van der Waals surface area contributed by atoms with Crippen LogP contribution >= 0.6 is 0 Å². The molecule has 0 saturated carbocycles. The number of carbonyl (C=O) groups is 1. The maximum atomic E-state index is 10.5. The molecule has 0 aromatic carbocycles. The topological polar surface area (TPSA) is 40.5 Å². The van der Waals surface area contributed by atoms with Gasteiger partial charge in [-0.1, -0.05) is 20.3 Å². The van der Waals surface area contributed by atoms with Crippen LogP contribution in [-0.2, 0) is 4.79 Å². The molecule has 0 radical (unpaired) electrons. The van der Waals surface area contributed by atoms with Gasteiger partial charge in [0.15, 0.2) is 0 Å². The molecule has 0 amide bonds. The smallest absolute Gasteiger partial charge is 0.317 e. The molecule has 14 heavy (non-hydrogen) atoms. The molecule has 1 saturated heterocycles. The molecule has 3 nitrogen and oxygen atoms in total. The Hall–Kier alpha value is -0.570. The van der Waals surface area contributed by atoms with E-state index in [1.165, 1.54) is 19.3 Å². The Balaban J connectivity index is 2.27. The van der Waals surface area contributed by atoms with Crippen LogP contribution in [0.5, 0.6) is 0 Å². The van der Waals surface area contributed by atoms with Gasteiger partial charge >= 0.3 is 5.97 Å². The van der Waals surface area contributed by atoms with Crippen molar-refractivity contribution < 1.29 is 9.90 Å². The second-order valence-electron chi connectivity index (χ2n) is 4.39. The van der Waals surface area contributed by atoms with Gasteiger partial charge in [-0.15, -0.1) is 0 Å². The van der Waals surface area contributed by atoms with Gasteiger partial charge < -0.3 is 5.11 Å². The van der Waals surface area contributed by atoms with Gasteiger partial charge in [-0.3, -0.25) is 9.69 Å². The molecule has 0 aliphatic carbocycles. The molecule has 0 aromatic rings. The summed E-state index contributed by atoms with van der Waals surface area (Å²) in [7, 11) is 0. The maximum Gasteiger partial charge on any atom is 0.317 e.